The first-order valence-corrected chi connectivity index (χ1v) is 13.1. The number of benzene rings is 3. The van der Waals surface area contributed by atoms with Crippen molar-refractivity contribution in [3.63, 3.8) is 0 Å². The summed E-state index contributed by atoms with van der Waals surface area (Å²) in [6.45, 7) is 1.45. The predicted octanol–water partition coefficient (Wildman–Crippen LogP) is 6.12. The molecule has 2 aliphatic heterocycles. The van der Waals surface area contributed by atoms with Crippen LogP contribution in [0.2, 0.25) is 5.02 Å². The molecule has 3 amide bonds. The van der Waals surface area contributed by atoms with Gasteiger partial charge in [-0.1, -0.05) is 54.1 Å². The number of hydrogen-bond acceptors (Lipinski definition) is 5. The Balaban J connectivity index is 1.42. The Bertz CT molecular complexity index is 1350. The lowest BCUT2D eigenvalue weighted by molar-refractivity contribution is -0.136. The molecule has 2 saturated heterocycles. The van der Waals surface area contributed by atoms with Crippen molar-refractivity contribution in [3.8, 4) is 5.75 Å². The van der Waals surface area contributed by atoms with Gasteiger partial charge in [0.2, 0.25) is 5.91 Å². The molecule has 0 radical (unpaired) electrons. The standard InChI is InChI=1S/C28H25ClN2O4S/c29-21-11-8-19(9-12-21)18-35-24-13-10-20-6-2-3-7-22(20)23(24)16-25-27(33)31(28(34)36-25)17-26(32)30-14-4-1-5-15-30/h2-3,6-13,16H,1,4-5,14-15,17-18H2/b25-16+. The van der Waals surface area contributed by atoms with Crippen LogP contribution in [0.5, 0.6) is 5.75 Å². The molecular weight excluding hydrogens is 496 g/mol. The molecule has 0 N–H and O–H groups in total. The van der Waals surface area contributed by atoms with Crippen LogP contribution >= 0.6 is 23.4 Å². The molecule has 3 aromatic carbocycles. The second kappa shape index (κ2) is 10.8. The Morgan fingerprint density at radius 3 is 2.50 bits per heavy atom. The quantitative estimate of drug-likeness (QED) is 0.366. The first kappa shape index (κ1) is 24.4. The highest BCUT2D eigenvalue weighted by molar-refractivity contribution is 8.18. The van der Waals surface area contributed by atoms with Crippen LogP contribution in [0.4, 0.5) is 4.79 Å². The van der Waals surface area contributed by atoms with Gasteiger partial charge in [-0.25, -0.2) is 0 Å². The van der Waals surface area contributed by atoms with Crippen LogP contribution in [-0.4, -0.2) is 46.5 Å². The van der Waals surface area contributed by atoms with E-state index in [0.717, 1.165) is 57.8 Å². The molecule has 0 unspecified atom stereocenters. The summed E-state index contributed by atoms with van der Waals surface area (Å²) in [6, 6.07) is 19.1. The minimum absolute atomic E-state index is 0.185. The number of carbonyl (C=O) groups is 3. The highest BCUT2D eigenvalue weighted by Gasteiger charge is 2.37. The fraction of sp³-hybridized carbons (Fsp3) is 0.250. The van der Waals surface area contributed by atoms with Crippen molar-refractivity contribution < 1.29 is 19.1 Å². The molecule has 0 atom stereocenters. The van der Waals surface area contributed by atoms with Gasteiger partial charge in [-0.15, -0.1) is 0 Å². The van der Waals surface area contributed by atoms with Gasteiger partial charge >= 0.3 is 0 Å². The third-order valence-electron chi connectivity index (χ3n) is 6.39. The van der Waals surface area contributed by atoms with Gasteiger partial charge < -0.3 is 9.64 Å². The van der Waals surface area contributed by atoms with Gasteiger partial charge in [0, 0.05) is 23.7 Å². The number of ether oxygens (including phenoxy) is 1. The number of carbonyl (C=O) groups excluding carboxylic acids is 3. The average Bonchev–Trinajstić information content (AvgIpc) is 3.17. The zero-order valence-corrected chi connectivity index (χ0v) is 21.2. The third-order valence-corrected chi connectivity index (χ3v) is 7.55. The van der Waals surface area contributed by atoms with Gasteiger partial charge in [0.05, 0.1) is 4.91 Å². The van der Waals surface area contributed by atoms with Crippen molar-refractivity contribution in [1.29, 1.82) is 0 Å². The maximum atomic E-state index is 13.2. The molecule has 5 rings (SSSR count). The van der Waals surface area contributed by atoms with E-state index in [9.17, 15) is 14.4 Å². The lowest BCUT2D eigenvalue weighted by Crippen LogP contribution is -2.44. The van der Waals surface area contributed by atoms with E-state index in [1.807, 2.05) is 60.7 Å². The lowest BCUT2D eigenvalue weighted by Gasteiger charge is -2.27. The highest BCUT2D eigenvalue weighted by Crippen LogP contribution is 2.37. The maximum Gasteiger partial charge on any atom is 0.294 e. The predicted molar refractivity (Wildman–Crippen MR) is 143 cm³/mol. The van der Waals surface area contributed by atoms with Crippen LogP contribution in [0.1, 0.15) is 30.4 Å². The Morgan fingerprint density at radius 2 is 1.72 bits per heavy atom. The lowest BCUT2D eigenvalue weighted by atomic mass is 10.0. The molecule has 0 spiro atoms. The average molecular weight is 521 g/mol. The van der Waals surface area contributed by atoms with Crippen molar-refractivity contribution >= 4 is 57.3 Å². The van der Waals surface area contributed by atoms with Crippen molar-refractivity contribution in [3.05, 3.63) is 81.7 Å². The molecule has 0 bridgehead atoms. The first-order valence-electron chi connectivity index (χ1n) is 11.9. The van der Waals surface area contributed by atoms with Crippen LogP contribution in [0.25, 0.3) is 16.8 Å². The van der Waals surface area contributed by atoms with Gasteiger partial charge in [0.1, 0.15) is 18.9 Å². The summed E-state index contributed by atoms with van der Waals surface area (Å²) in [7, 11) is 0. The molecule has 0 saturated carbocycles. The highest BCUT2D eigenvalue weighted by atomic mass is 35.5. The summed E-state index contributed by atoms with van der Waals surface area (Å²) in [5, 5.41) is 2.12. The molecule has 0 aromatic heterocycles. The van der Waals surface area contributed by atoms with Crippen molar-refractivity contribution in [1.82, 2.24) is 9.80 Å². The molecule has 2 fully saturated rings. The minimum Gasteiger partial charge on any atom is -0.488 e. The van der Waals surface area contributed by atoms with E-state index < -0.39 is 11.1 Å². The van der Waals surface area contributed by atoms with Gasteiger partial charge in [-0.05, 0) is 71.6 Å². The van der Waals surface area contributed by atoms with Crippen LogP contribution in [-0.2, 0) is 16.2 Å². The number of thioether (sulfide) groups is 1. The number of amides is 3. The van der Waals surface area contributed by atoms with Crippen molar-refractivity contribution in [2.45, 2.75) is 25.9 Å². The molecule has 2 aliphatic rings. The number of hydrogen-bond donors (Lipinski definition) is 0. The smallest absolute Gasteiger partial charge is 0.294 e. The van der Waals surface area contributed by atoms with E-state index in [-0.39, 0.29) is 17.4 Å². The number of halogens is 1. The van der Waals surface area contributed by atoms with Crippen LogP contribution in [0.15, 0.2) is 65.6 Å². The van der Waals surface area contributed by atoms with Crippen molar-refractivity contribution in [2.75, 3.05) is 19.6 Å². The monoisotopic (exact) mass is 520 g/mol. The Morgan fingerprint density at radius 1 is 0.972 bits per heavy atom. The van der Waals surface area contributed by atoms with E-state index in [4.69, 9.17) is 16.3 Å². The summed E-state index contributed by atoms with van der Waals surface area (Å²) in [4.78, 5) is 41.7. The van der Waals surface area contributed by atoms with Crippen LogP contribution in [0, 0.1) is 0 Å². The normalized spacial score (nSPS) is 17.3. The molecule has 36 heavy (non-hydrogen) atoms. The Kier molecular flexibility index (Phi) is 7.30. The SMILES string of the molecule is O=C(CN1C(=O)S/C(=C/c2c(OCc3ccc(Cl)cc3)ccc3ccccc23)C1=O)N1CCCCC1. The van der Waals surface area contributed by atoms with E-state index in [1.165, 1.54) is 0 Å². The number of rotatable bonds is 6. The molecule has 0 aliphatic carbocycles. The number of fused-ring (bicyclic) bond motifs is 1. The largest absolute Gasteiger partial charge is 0.488 e. The van der Waals surface area contributed by atoms with E-state index in [0.29, 0.717) is 30.5 Å². The second-order valence-electron chi connectivity index (χ2n) is 8.82. The fourth-order valence-corrected chi connectivity index (χ4v) is 5.38. The molecule has 6 nitrogen and oxygen atoms in total. The summed E-state index contributed by atoms with van der Waals surface area (Å²) >= 11 is 6.85. The topological polar surface area (TPSA) is 66.9 Å². The fourth-order valence-electron chi connectivity index (χ4n) is 4.44. The molecular formula is C28H25ClN2O4S. The minimum atomic E-state index is -0.452. The number of likely N-dealkylation sites (tertiary alicyclic amines) is 1. The maximum absolute atomic E-state index is 13.2. The zero-order chi connectivity index (χ0) is 25.1. The molecule has 8 heteroatoms. The van der Waals surface area contributed by atoms with E-state index in [2.05, 4.69) is 0 Å². The summed E-state index contributed by atoms with van der Waals surface area (Å²) < 4.78 is 6.15. The van der Waals surface area contributed by atoms with E-state index >= 15 is 0 Å². The summed E-state index contributed by atoms with van der Waals surface area (Å²) in [6.07, 6.45) is 4.71. The third kappa shape index (κ3) is 5.27. The Hall–Kier alpha value is -3.29. The number of imide groups is 1. The molecule has 3 aromatic rings. The number of piperidine rings is 1. The van der Waals surface area contributed by atoms with Gasteiger partial charge in [0.15, 0.2) is 0 Å². The molecule has 184 valence electrons. The summed E-state index contributed by atoms with van der Waals surface area (Å²) in [5.41, 5.74) is 1.67. The van der Waals surface area contributed by atoms with Crippen LogP contribution < -0.4 is 4.74 Å². The summed E-state index contributed by atoms with van der Waals surface area (Å²) in [5.74, 6) is -0.0396. The first-order chi connectivity index (χ1) is 17.5. The van der Waals surface area contributed by atoms with Gasteiger partial charge in [-0.3, -0.25) is 19.3 Å². The second-order valence-corrected chi connectivity index (χ2v) is 10.3. The van der Waals surface area contributed by atoms with Crippen LogP contribution in [0.3, 0.4) is 0 Å². The zero-order valence-electron chi connectivity index (χ0n) is 19.6. The van der Waals surface area contributed by atoms with E-state index in [1.54, 1.807) is 11.0 Å². The van der Waals surface area contributed by atoms with Crippen molar-refractivity contribution in [2.24, 2.45) is 0 Å². The number of nitrogens with zero attached hydrogens (tertiary/aromatic N) is 2. The van der Waals surface area contributed by atoms with Gasteiger partial charge in [-0.2, -0.15) is 0 Å². The Labute approximate surface area is 218 Å². The molecule has 2 heterocycles. The van der Waals surface area contributed by atoms with Gasteiger partial charge in [0.25, 0.3) is 11.1 Å².